The van der Waals surface area contributed by atoms with E-state index in [2.05, 4.69) is 5.32 Å². The lowest BCUT2D eigenvalue weighted by Crippen LogP contribution is -2.30. The molecule has 0 bridgehead atoms. The van der Waals surface area contributed by atoms with Gasteiger partial charge in [0.2, 0.25) is 0 Å². The van der Waals surface area contributed by atoms with Crippen molar-refractivity contribution >= 4 is 0 Å². The highest BCUT2D eigenvalue weighted by molar-refractivity contribution is 5.42. The SMILES string of the molecule is Oc1ccc(CC2CCCNC2)cc1OCc1ccccc1. The van der Waals surface area contributed by atoms with Gasteiger partial charge < -0.3 is 15.2 Å². The largest absolute Gasteiger partial charge is 0.504 e. The Kier molecular flexibility index (Phi) is 4.96. The molecule has 0 aromatic heterocycles. The zero-order chi connectivity index (χ0) is 15.2. The van der Waals surface area contributed by atoms with Gasteiger partial charge >= 0.3 is 0 Å². The zero-order valence-corrected chi connectivity index (χ0v) is 12.8. The molecule has 2 aromatic rings. The quantitative estimate of drug-likeness (QED) is 0.887. The number of phenolic OH excluding ortho intramolecular Hbond substituents is 1. The summed E-state index contributed by atoms with van der Waals surface area (Å²) in [7, 11) is 0. The van der Waals surface area contributed by atoms with Gasteiger partial charge in [-0.25, -0.2) is 0 Å². The Morgan fingerprint density at radius 2 is 1.95 bits per heavy atom. The predicted molar refractivity (Wildman–Crippen MR) is 88.2 cm³/mol. The zero-order valence-electron chi connectivity index (χ0n) is 12.8. The molecule has 2 aromatic carbocycles. The first-order valence-corrected chi connectivity index (χ1v) is 8.00. The van der Waals surface area contributed by atoms with E-state index in [1.807, 2.05) is 42.5 Å². The standard InChI is InChI=1S/C19H23NO2/c21-18-9-8-16(11-17-7-4-10-20-13-17)12-19(18)22-14-15-5-2-1-3-6-15/h1-3,5-6,8-9,12,17,20-21H,4,7,10-11,13-14H2. The lowest BCUT2D eigenvalue weighted by Gasteiger charge is -2.23. The number of aromatic hydroxyl groups is 1. The second-order valence-electron chi connectivity index (χ2n) is 5.99. The van der Waals surface area contributed by atoms with Gasteiger partial charge in [-0.15, -0.1) is 0 Å². The number of ether oxygens (including phenoxy) is 1. The first-order valence-electron chi connectivity index (χ1n) is 8.00. The number of hydrogen-bond donors (Lipinski definition) is 2. The summed E-state index contributed by atoms with van der Waals surface area (Å²) < 4.78 is 5.79. The number of hydrogen-bond acceptors (Lipinski definition) is 3. The first-order chi connectivity index (χ1) is 10.8. The van der Waals surface area contributed by atoms with Gasteiger partial charge in [-0.1, -0.05) is 36.4 Å². The summed E-state index contributed by atoms with van der Waals surface area (Å²) in [5.41, 5.74) is 2.33. The third-order valence-corrected chi connectivity index (χ3v) is 4.18. The van der Waals surface area contributed by atoms with Crippen LogP contribution in [0.3, 0.4) is 0 Å². The molecule has 1 aliphatic heterocycles. The lowest BCUT2D eigenvalue weighted by molar-refractivity contribution is 0.288. The fourth-order valence-corrected chi connectivity index (χ4v) is 2.97. The Labute approximate surface area is 131 Å². The third-order valence-electron chi connectivity index (χ3n) is 4.18. The molecule has 0 radical (unpaired) electrons. The van der Waals surface area contributed by atoms with Crippen molar-refractivity contribution in [2.75, 3.05) is 13.1 Å². The second-order valence-corrected chi connectivity index (χ2v) is 5.99. The summed E-state index contributed by atoms with van der Waals surface area (Å²) in [6.07, 6.45) is 3.56. The third kappa shape index (κ3) is 4.01. The van der Waals surface area contributed by atoms with E-state index in [9.17, 15) is 5.11 Å². The fourth-order valence-electron chi connectivity index (χ4n) is 2.97. The van der Waals surface area contributed by atoms with Crippen molar-refractivity contribution in [1.82, 2.24) is 5.32 Å². The number of nitrogens with one attached hydrogen (secondary N) is 1. The molecule has 2 N–H and O–H groups in total. The molecule has 0 aliphatic carbocycles. The van der Waals surface area contributed by atoms with Crippen molar-refractivity contribution in [1.29, 1.82) is 0 Å². The monoisotopic (exact) mass is 297 g/mol. The molecule has 0 amide bonds. The Morgan fingerprint density at radius 3 is 2.73 bits per heavy atom. The molecule has 1 aliphatic rings. The summed E-state index contributed by atoms with van der Waals surface area (Å²) in [4.78, 5) is 0. The van der Waals surface area contributed by atoms with Gasteiger partial charge in [0, 0.05) is 0 Å². The van der Waals surface area contributed by atoms with Gasteiger partial charge in [-0.3, -0.25) is 0 Å². The molecule has 22 heavy (non-hydrogen) atoms. The van der Waals surface area contributed by atoms with Crippen LogP contribution in [0.5, 0.6) is 11.5 Å². The van der Waals surface area contributed by atoms with Crippen LogP contribution in [0.15, 0.2) is 48.5 Å². The van der Waals surface area contributed by atoms with Crippen molar-refractivity contribution in [3.05, 3.63) is 59.7 Å². The molecule has 1 fully saturated rings. The minimum Gasteiger partial charge on any atom is -0.504 e. The Balaban J connectivity index is 1.64. The van der Waals surface area contributed by atoms with Crippen LogP contribution >= 0.6 is 0 Å². The van der Waals surface area contributed by atoms with Gasteiger partial charge in [-0.2, -0.15) is 0 Å². The smallest absolute Gasteiger partial charge is 0.161 e. The van der Waals surface area contributed by atoms with Crippen LogP contribution in [0.4, 0.5) is 0 Å². The Bertz CT molecular complexity index is 592. The first kappa shape index (κ1) is 14.9. The fraction of sp³-hybridized carbons (Fsp3) is 0.368. The molecule has 116 valence electrons. The van der Waals surface area contributed by atoms with Gasteiger partial charge in [0.15, 0.2) is 11.5 Å². The van der Waals surface area contributed by atoms with Crippen LogP contribution in [0, 0.1) is 5.92 Å². The highest BCUT2D eigenvalue weighted by Crippen LogP contribution is 2.29. The van der Waals surface area contributed by atoms with Gasteiger partial charge in [0.25, 0.3) is 0 Å². The van der Waals surface area contributed by atoms with Crippen molar-refractivity contribution in [3.8, 4) is 11.5 Å². The molecular formula is C19H23NO2. The average Bonchev–Trinajstić information content (AvgIpc) is 2.57. The van der Waals surface area contributed by atoms with Gasteiger partial charge in [-0.05, 0) is 61.5 Å². The summed E-state index contributed by atoms with van der Waals surface area (Å²) >= 11 is 0. The van der Waals surface area contributed by atoms with Crippen molar-refractivity contribution in [2.24, 2.45) is 5.92 Å². The average molecular weight is 297 g/mol. The molecule has 1 heterocycles. The summed E-state index contributed by atoms with van der Waals surface area (Å²) in [5.74, 6) is 1.46. The van der Waals surface area contributed by atoms with E-state index >= 15 is 0 Å². The normalized spacial score (nSPS) is 18.1. The molecule has 3 heteroatoms. The molecular weight excluding hydrogens is 274 g/mol. The highest BCUT2D eigenvalue weighted by atomic mass is 16.5. The van der Waals surface area contributed by atoms with Crippen LogP contribution in [0.1, 0.15) is 24.0 Å². The summed E-state index contributed by atoms with van der Waals surface area (Å²) in [6.45, 7) is 2.70. The molecule has 1 atom stereocenters. The number of phenols is 1. The number of rotatable bonds is 5. The van der Waals surface area contributed by atoms with Crippen molar-refractivity contribution in [2.45, 2.75) is 25.9 Å². The van der Waals surface area contributed by atoms with Gasteiger partial charge in [0.1, 0.15) is 6.61 Å². The molecule has 0 spiro atoms. The molecule has 3 nitrogen and oxygen atoms in total. The van der Waals surface area contributed by atoms with E-state index in [1.54, 1.807) is 6.07 Å². The van der Waals surface area contributed by atoms with E-state index in [0.29, 0.717) is 18.3 Å². The van der Waals surface area contributed by atoms with E-state index in [1.165, 1.54) is 18.4 Å². The minimum absolute atomic E-state index is 0.210. The lowest BCUT2D eigenvalue weighted by atomic mass is 9.92. The van der Waals surface area contributed by atoms with Crippen LogP contribution in [0.2, 0.25) is 0 Å². The molecule has 1 unspecified atom stereocenters. The van der Waals surface area contributed by atoms with Crippen molar-refractivity contribution in [3.63, 3.8) is 0 Å². The Morgan fingerprint density at radius 1 is 1.09 bits per heavy atom. The van der Waals surface area contributed by atoms with E-state index in [4.69, 9.17) is 4.74 Å². The summed E-state index contributed by atoms with van der Waals surface area (Å²) in [5, 5.41) is 13.4. The molecule has 0 saturated carbocycles. The van der Waals surface area contributed by atoms with Crippen LogP contribution < -0.4 is 10.1 Å². The minimum atomic E-state index is 0.210. The van der Waals surface area contributed by atoms with Crippen LogP contribution in [-0.2, 0) is 13.0 Å². The Hall–Kier alpha value is -2.00. The highest BCUT2D eigenvalue weighted by Gasteiger charge is 2.14. The predicted octanol–water partition coefficient (Wildman–Crippen LogP) is 3.51. The van der Waals surface area contributed by atoms with E-state index in [0.717, 1.165) is 25.1 Å². The second kappa shape index (κ2) is 7.32. The van der Waals surface area contributed by atoms with E-state index < -0.39 is 0 Å². The van der Waals surface area contributed by atoms with Crippen molar-refractivity contribution < 1.29 is 9.84 Å². The van der Waals surface area contributed by atoms with Gasteiger partial charge in [0.05, 0.1) is 0 Å². The van der Waals surface area contributed by atoms with Crippen LogP contribution in [-0.4, -0.2) is 18.2 Å². The summed E-state index contributed by atoms with van der Waals surface area (Å²) in [6, 6.07) is 15.7. The van der Waals surface area contributed by atoms with E-state index in [-0.39, 0.29) is 5.75 Å². The topological polar surface area (TPSA) is 41.5 Å². The number of benzene rings is 2. The molecule has 1 saturated heterocycles. The maximum Gasteiger partial charge on any atom is 0.161 e. The number of piperidine rings is 1. The maximum absolute atomic E-state index is 9.98. The maximum atomic E-state index is 9.98. The molecule has 3 rings (SSSR count). The van der Waals surface area contributed by atoms with Crippen LogP contribution in [0.25, 0.3) is 0 Å².